The molecule has 0 bridgehead atoms. The summed E-state index contributed by atoms with van der Waals surface area (Å²) in [4.78, 5) is 22.3. The lowest BCUT2D eigenvalue weighted by atomic mass is 10.1. The highest BCUT2D eigenvalue weighted by atomic mass is 79.9. The minimum absolute atomic E-state index is 0.0154. The van der Waals surface area contributed by atoms with E-state index >= 15 is 0 Å². The molecule has 0 saturated heterocycles. The van der Waals surface area contributed by atoms with E-state index in [-0.39, 0.29) is 6.04 Å². The Morgan fingerprint density at radius 1 is 1.00 bits per heavy atom. The molecule has 1 heterocycles. The first-order valence-electron chi connectivity index (χ1n) is 6.97. The third-order valence-electron chi connectivity index (χ3n) is 2.63. The highest BCUT2D eigenvalue weighted by molar-refractivity contribution is 9.10. The summed E-state index contributed by atoms with van der Waals surface area (Å²) < 4.78 is 64.5. The maximum Gasteiger partial charge on any atom is 0.490 e. The topological polar surface area (TPSA) is 114 Å². The second-order valence-corrected chi connectivity index (χ2v) is 5.88. The Labute approximate surface area is 162 Å². The van der Waals surface area contributed by atoms with E-state index in [1.165, 1.54) is 0 Å². The number of benzene rings is 1. The first-order valence-corrected chi connectivity index (χ1v) is 7.77. The van der Waals surface area contributed by atoms with E-state index in [1.54, 1.807) is 0 Å². The summed E-state index contributed by atoms with van der Waals surface area (Å²) in [5.74, 6) is -5.51. The molecular weight excluding hydrogens is 466 g/mol. The van der Waals surface area contributed by atoms with E-state index in [1.807, 2.05) is 37.3 Å². The van der Waals surface area contributed by atoms with Gasteiger partial charge in [-0.05, 0) is 25.1 Å². The van der Waals surface area contributed by atoms with Crippen LogP contribution in [0.5, 0.6) is 0 Å². The predicted octanol–water partition coefficient (Wildman–Crippen LogP) is 4.28. The van der Waals surface area contributed by atoms with Crippen LogP contribution in [0.3, 0.4) is 0 Å². The molecule has 13 heteroatoms. The molecule has 1 aromatic carbocycles. The minimum Gasteiger partial charge on any atom is -0.475 e. The van der Waals surface area contributed by atoms with Crippen molar-refractivity contribution in [2.24, 2.45) is 5.73 Å². The molecule has 0 unspecified atom stereocenters. The number of halogens is 7. The Morgan fingerprint density at radius 2 is 1.39 bits per heavy atom. The zero-order chi connectivity index (χ0) is 22.3. The Morgan fingerprint density at radius 3 is 1.75 bits per heavy atom. The van der Waals surface area contributed by atoms with Crippen molar-refractivity contribution in [3.05, 3.63) is 40.5 Å². The lowest BCUT2D eigenvalue weighted by Crippen LogP contribution is -2.21. The SMILES string of the molecule is C[C@@H](N)c1ccc2ccc(Br)cc2n1.O=C(O)C(F)(F)F.O=C(O)C(F)(F)F. The normalized spacial score (nSPS) is 12.2. The fraction of sp³-hybridized carbons (Fsp3) is 0.267. The van der Waals surface area contributed by atoms with Crippen LogP contribution < -0.4 is 5.73 Å². The summed E-state index contributed by atoms with van der Waals surface area (Å²) in [6, 6.07) is 10.1. The van der Waals surface area contributed by atoms with Crippen LogP contribution in [0.25, 0.3) is 10.9 Å². The van der Waals surface area contributed by atoms with Crippen LogP contribution >= 0.6 is 15.9 Å². The van der Waals surface area contributed by atoms with Crippen LogP contribution in [-0.2, 0) is 9.59 Å². The van der Waals surface area contributed by atoms with Gasteiger partial charge in [-0.25, -0.2) is 9.59 Å². The van der Waals surface area contributed by atoms with Crippen LogP contribution in [0.2, 0.25) is 0 Å². The van der Waals surface area contributed by atoms with Crippen LogP contribution in [0.1, 0.15) is 18.7 Å². The number of nitrogens with two attached hydrogens (primary N) is 1. The van der Waals surface area contributed by atoms with Crippen molar-refractivity contribution in [2.75, 3.05) is 0 Å². The van der Waals surface area contributed by atoms with Crippen molar-refractivity contribution in [3.63, 3.8) is 0 Å². The first-order chi connectivity index (χ1) is 12.6. The minimum atomic E-state index is -5.08. The second-order valence-electron chi connectivity index (χ2n) is 4.97. The number of carboxylic acid groups (broad SMARTS) is 2. The maximum atomic E-state index is 10.6. The molecule has 0 aliphatic rings. The average molecular weight is 479 g/mol. The van der Waals surface area contributed by atoms with Gasteiger partial charge in [0.25, 0.3) is 0 Å². The fourth-order valence-electron chi connectivity index (χ4n) is 1.36. The number of carbonyl (C=O) groups is 2. The van der Waals surface area contributed by atoms with Crippen molar-refractivity contribution >= 4 is 38.8 Å². The zero-order valence-electron chi connectivity index (χ0n) is 13.8. The summed E-state index contributed by atoms with van der Waals surface area (Å²) in [5.41, 5.74) is 7.68. The number of alkyl halides is 6. The first kappa shape index (κ1) is 25.6. The van der Waals surface area contributed by atoms with Gasteiger partial charge in [0.05, 0.1) is 11.2 Å². The maximum absolute atomic E-state index is 10.6. The average Bonchev–Trinajstić information content (AvgIpc) is 2.53. The van der Waals surface area contributed by atoms with E-state index in [0.29, 0.717) is 0 Å². The van der Waals surface area contributed by atoms with Gasteiger partial charge >= 0.3 is 24.3 Å². The quantitative estimate of drug-likeness (QED) is 0.527. The summed E-state index contributed by atoms with van der Waals surface area (Å²) in [5, 5.41) is 15.4. The molecule has 1 aromatic heterocycles. The molecule has 0 aliphatic carbocycles. The number of rotatable bonds is 1. The van der Waals surface area contributed by atoms with Gasteiger partial charge < -0.3 is 15.9 Å². The van der Waals surface area contributed by atoms with Crippen molar-refractivity contribution < 1.29 is 46.1 Å². The molecule has 2 rings (SSSR count). The number of aromatic nitrogens is 1. The summed E-state index contributed by atoms with van der Waals surface area (Å²) in [6.45, 7) is 1.94. The van der Waals surface area contributed by atoms with E-state index in [2.05, 4.69) is 20.9 Å². The molecule has 4 N–H and O–H groups in total. The van der Waals surface area contributed by atoms with Crippen LogP contribution in [0, 0.1) is 0 Å². The molecule has 0 fully saturated rings. The van der Waals surface area contributed by atoms with Crippen molar-refractivity contribution in [2.45, 2.75) is 25.3 Å². The van der Waals surface area contributed by atoms with Gasteiger partial charge in [-0.1, -0.05) is 28.1 Å². The monoisotopic (exact) mass is 478 g/mol. The van der Waals surface area contributed by atoms with Gasteiger partial charge in [-0.3, -0.25) is 4.98 Å². The number of fused-ring (bicyclic) bond motifs is 1. The van der Waals surface area contributed by atoms with E-state index in [9.17, 15) is 26.3 Å². The van der Waals surface area contributed by atoms with Gasteiger partial charge in [0.2, 0.25) is 0 Å². The molecule has 0 spiro atoms. The largest absolute Gasteiger partial charge is 0.490 e. The van der Waals surface area contributed by atoms with Crippen molar-refractivity contribution in [3.8, 4) is 0 Å². The smallest absolute Gasteiger partial charge is 0.475 e. The summed E-state index contributed by atoms with van der Waals surface area (Å²) in [6.07, 6.45) is -10.2. The van der Waals surface area contributed by atoms with Gasteiger partial charge in [0.15, 0.2) is 0 Å². The Balaban J connectivity index is 0.000000444. The third-order valence-corrected chi connectivity index (χ3v) is 3.12. The summed E-state index contributed by atoms with van der Waals surface area (Å²) in [7, 11) is 0. The van der Waals surface area contributed by atoms with Crippen LogP contribution in [-0.4, -0.2) is 39.5 Å². The lowest BCUT2D eigenvalue weighted by Gasteiger charge is -2.05. The van der Waals surface area contributed by atoms with Crippen LogP contribution in [0.4, 0.5) is 26.3 Å². The van der Waals surface area contributed by atoms with Gasteiger partial charge in [-0.15, -0.1) is 0 Å². The molecule has 0 amide bonds. The van der Waals surface area contributed by atoms with Gasteiger partial charge in [0, 0.05) is 15.9 Å². The Kier molecular flexibility index (Phi) is 9.34. The molecule has 0 radical (unpaired) electrons. The van der Waals surface area contributed by atoms with Crippen molar-refractivity contribution in [1.29, 1.82) is 0 Å². The Bertz CT molecular complexity index is 800. The molecule has 156 valence electrons. The number of aliphatic carboxylic acids is 2. The number of hydrogen-bond acceptors (Lipinski definition) is 4. The molecular formula is C15H13BrF6N2O4. The summed E-state index contributed by atoms with van der Waals surface area (Å²) >= 11 is 3.42. The number of pyridine rings is 1. The molecule has 0 saturated carbocycles. The highest BCUT2D eigenvalue weighted by Crippen LogP contribution is 2.20. The zero-order valence-corrected chi connectivity index (χ0v) is 15.4. The van der Waals surface area contributed by atoms with Crippen molar-refractivity contribution in [1.82, 2.24) is 4.98 Å². The third kappa shape index (κ3) is 9.50. The standard InChI is InChI=1S/C11H11BrN2.2C2HF3O2/c1-7(13)10-5-3-8-2-4-9(12)6-11(8)14-10;2*3-2(4,5)1(6)7/h2-7H,13H2,1H3;2*(H,6,7)/t7-;;/m1../s1. The lowest BCUT2D eigenvalue weighted by molar-refractivity contribution is -0.193. The van der Waals surface area contributed by atoms with Gasteiger partial charge in [-0.2, -0.15) is 26.3 Å². The molecule has 2 aromatic rings. The molecule has 0 aliphatic heterocycles. The van der Waals surface area contributed by atoms with E-state index < -0.39 is 24.3 Å². The van der Waals surface area contributed by atoms with Crippen LogP contribution in [0.15, 0.2) is 34.8 Å². The predicted molar refractivity (Wildman–Crippen MR) is 89.4 cm³/mol. The van der Waals surface area contributed by atoms with E-state index in [0.717, 1.165) is 21.1 Å². The van der Waals surface area contributed by atoms with E-state index in [4.69, 9.17) is 25.5 Å². The molecule has 1 atom stereocenters. The molecule has 6 nitrogen and oxygen atoms in total. The number of carboxylic acids is 2. The fourth-order valence-corrected chi connectivity index (χ4v) is 1.71. The Hall–Kier alpha value is -2.41. The molecule has 28 heavy (non-hydrogen) atoms. The number of hydrogen-bond donors (Lipinski definition) is 3. The number of nitrogens with zero attached hydrogens (tertiary/aromatic N) is 1. The highest BCUT2D eigenvalue weighted by Gasteiger charge is 2.38. The van der Waals surface area contributed by atoms with Gasteiger partial charge in [0.1, 0.15) is 0 Å². The second kappa shape index (κ2) is 10.2.